The van der Waals surface area contributed by atoms with Gasteiger partial charge in [-0.05, 0) is 37.6 Å². The van der Waals surface area contributed by atoms with Crippen LogP contribution in [0.5, 0.6) is 0 Å². The molecule has 98 valence electrons. The fourth-order valence-corrected chi connectivity index (χ4v) is 1.83. The van der Waals surface area contributed by atoms with Gasteiger partial charge in [-0.3, -0.25) is 4.79 Å². The molecule has 19 heavy (non-hydrogen) atoms. The zero-order valence-corrected chi connectivity index (χ0v) is 11.3. The number of amides is 1. The standard InChI is InChI=1S/C15H17N3O/c1-10-4-6-14(11(2)8-10)18-13-5-7-15(16-9-13)17-12(3)19/h4-9,18H,1-3H3,(H,16,17,19). The number of rotatable bonds is 3. The number of pyridine rings is 1. The molecule has 0 bridgehead atoms. The van der Waals surface area contributed by atoms with Crippen molar-refractivity contribution in [3.8, 4) is 0 Å². The number of carbonyl (C=O) groups excluding carboxylic acids is 1. The van der Waals surface area contributed by atoms with Gasteiger partial charge in [-0.15, -0.1) is 0 Å². The quantitative estimate of drug-likeness (QED) is 0.883. The minimum absolute atomic E-state index is 0.123. The van der Waals surface area contributed by atoms with Crippen molar-refractivity contribution in [3.63, 3.8) is 0 Å². The van der Waals surface area contributed by atoms with Gasteiger partial charge in [0, 0.05) is 12.6 Å². The maximum absolute atomic E-state index is 10.9. The van der Waals surface area contributed by atoms with Gasteiger partial charge in [0.2, 0.25) is 5.91 Å². The highest BCUT2D eigenvalue weighted by Gasteiger charge is 2.01. The van der Waals surface area contributed by atoms with E-state index < -0.39 is 0 Å². The van der Waals surface area contributed by atoms with Gasteiger partial charge >= 0.3 is 0 Å². The number of nitrogens with one attached hydrogen (secondary N) is 2. The average molecular weight is 255 g/mol. The highest BCUT2D eigenvalue weighted by atomic mass is 16.1. The van der Waals surface area contributed by atoms with E-state index >= 15 is 0 Å². The molecule has 0 spiro atoms. The molecule has 4 nitrogen and oxygen atoms in total. The van der Waals surface area contributed by atoms with Crippen molar-refractivity contribution < 1.29 is 4.79 Å². The van der Waals surface area contributed by atoms with Crippen molar-refractivity contribution in [1.29, 1.82) is 0 Å². The van der Waals surface area contributed by atoms with E-state index in [-0.39, 0.29) is 5.91 Å². The smallest absolute Gasteiger partial charge is 0.222 e. The Morgan fingerprint density at radius 3 is 2.53 bits per heavy atom. The van der Waals surface area contributed by atoms with E-state index in [9.17, 15) is 4.79 Å². The second-order valence-corrected chi connectivity index (χ2v) is 4.56. The van der Waals surface area contributed by atoms with E-state index in [1.54, 1.807) is 12.3 Å². The van der Waals surface area contributed by atoms with Gasteiger partial charge < -0.3 is 10.6 Å². The van der Waals surface area contributed by atoms with Crippen LogP contribution in [0.3, 0.4) is 0 Å². The number of aromatic nitrogens is 1. The highest BCUT2D eigenvalue weighted by Crippen LogP contribution is 2.21. The van der Waals surface area contributed by atoms with Crippen LogP contribution in [0.25, 0.3) is 0 Å². The first-order valence-corrected chi connectivity index (χ1v) is 6.12. The van der Waals surface area contributed by atoms with Gasteiger partial charge in [0.05, 0.1) is 11.9 Å². The molecule has 0 saturated carbocycles. The predicted molar refractivity (Wildman–Crippen MR) is 77.7 cm³/mol. The Balaban J connectivity index is 2.13. The summed E-state index contributed by atoms with van der Waals surface area (Å²) in [5, 5.41) is 5.94. The molecule has 2 rings (SSSR count). The Morgan fingerprint density at radius 2 is 1.95 bits per heavy atom. The summed E-state index contributed by atoms with van der Waals surface area (Å²) < 4.78 is 0. The highest BCUT2D eigenvalue weighted by molar-refractivity contribution is 5.87. The van der Waals surface area contributed by atoms with Crippen molar-refractivity contribution in [2.75, 3.05) is 10.6 Å². The number of carbonyl (C=O) groups is 1. The lowest BCUT2D eigenvalue weighted by atomic mass is 10.1. The van der Waals surface area contributed by atoms with Gasteiger partial charge in [0.15, 0.2) is 0 Å². The average Bonchev–Trinajstić information content (AvgIpc) is 2.34. The summed E-state index contributed by atoms with van der Waals surface area (Å²) >= 11 is 0. The van der Waals surface area contributed by atoms with E-state index in [4.69, 9.17) is 0 Å². The molecule has 1 amide bonds. The summed E-state index contributed by atoms with van der Waals surface area (Å²) in [6.07, 6.45) is 1.70. The summed E-state index contributed by atoms with van der Waals surface area (Å²) in [6.45, 7) is 5.60. The molecule has 4 heteroatoms. The summed E-state index contributed by atoms with van der Waals surface area (Å²) in [5.41, 5.74) is 4.37. The summed E-state index contributed by atoms with van der Waals surface area (Å²) in [6, 6.07) is 9.90. The summed E-state index contributed by atoms with van der Waals surface area (Å²) in [5.74, 6) is 0.432. The van der Waals surface area contributed by atoms with E-state index in [2.05, 4.69) is 41.6 Å². The number of nitrogens with zero attached hydrogens (tertiary/aromatic N) is 1. The minimum atomic E-state index is -0.123. The molecule has 0 aliphatic rings. The second kappa shape index (κ2) is 5.52. The summed E-state index contributed by atoms with van der Waals surface area (Å²) in [7, 11) is 0. The fraction of sp³-hybridized carbons (Fsp3) is 0.200. The van der Waals surface area contributed by atoms with E-state index in [1.807, 2.05) is 12.1 Å². The molecule has 0 aliphatic heterocycles. The molecular weight excluding hydrogens is 238 g/mol. The van der Waals surface area contributed by atoms with Crippen molar-refractivity contribution >= 4 is 23.1 Å². The van der Waals surface area contributed by atoms with Gasteiger partial charge in [-0.2, -0.15) is 0 Å². The normalized spacial score (nSPS) is 10.1. The van der Waals surface area contributed by atoms with Crippen molar-refractivity contribution in [1.82, 2.24) is 4.98 Å². The van der Waals surface area contributed by atoms with Crippen LogP contribution in [0.15, 0.2) is 36.5 Å². The van der Waals surface area contributed by atoms with Gasteiger partial charge in [0.25, 0.3) is 0 Å². The van der Waals surface area contributed by atoms with Crippen molar-refractivity contribution in [2.24, 2.45) is 0 Å². The fourth-order valence-electron chi connectivity index (χ4n) is 1.83. The van der Waals surface area contributed by atoms with Gasteiger partial charge in [0.1, 0.15) is 5.82 Å². The first-order chi connectivity index (χ1) is 9.04. The lowest BCUT2D eigenvalue weighted by molar-refractivity contribution is -0.114. The van der Waals surface area contributed by atoms with Crippen LogP contribution in [-0.2, 0) is 4.79 Å². The monoisotopic (exact) mass is 255 g/mol. The molecule has 0 atom stereocenters. The molecule has 0 aliphatic carbocycles. The molecule has 1 aromatic heterocycles. The van der Waals surface area contributed by atoms with E-state index in [1.165, 1.54) is 18.1 Å². The lowest BCUT2D eigenvalue weighted by Gasteiger charge is -2.10. The Kier molecular flexibility index (Phi) is 3.80. The summed E-state index contributed by atoms with van der Waals surface area (Å²) in [4.78, 5) is 15.1. The second-order valence-electron chi connectivity index (χ2n) is 4.56. The SMILES string of the molecule is CC(=O)Nc1ccc(Nc2ccc(C)cc2C)cn1. The molecule has 0 unspecified atom stereocenters. The topological polar surface area (TPSA) is 54.0 Å². The van der Waals surface area contributed by atoms with Crippen molar-refractivity contribution in [3.05, 3.63) is 47.7 Å². The molecule has 0 fully saturated rings. The molecule has 0 saturated heterocycles. The van der Waals surface area contributed by atoms with Crippen molar-refractivity contribution in [2.45, 2.75) is 20.8 Å². The number of aryl methyl sites for hydroxylation is 2. The van der Waals surface area contributed by atoms with E-state index in [0.717, 1.165) is 11.4 Å². The molecule has 1 aromatic carbocycles. The van der Waals surface area contributed by atoms with E-state index in [0.29, 0.717) is 5.82 Å². The predicted octanol–water partition coefficient (Wildman–Crippen LogP) is 3.40. The Hall–Kier alpha value is -2.36. The molecule has 1 heterocycles. The number of hydrogen-bond acceptors (Lipinski definition) is 3. The minimum Gasteiger partial charge on any atom is -0.354 e. The van der Waals surface area contributed by atoms with Crippen LogP contribution in [0.2, 0.25) is 0 Å². The third-order valence-corrected chi connectivity index (χ3v) is 2.73. The van der Waals surface area contributed by atoms with Crippen LogP contribution < -0.4 is 10.6 Å². The van der Waals surface area contributed by atoms with Crippen LogP contribution in [0.1, 0.15) is 18.1 Å². The first kappa shape index (κ1) is 13.1. The Bertz CT molecular complexity index is 591. The van der Waals surface area contributed by atoms with Crippen LogP contribution in [0.4, 0.5) is 17.2 Å². The number of anilines is 3. The van der Waals surface area contributed by atoms with Gasteiger partial charge in [-0.25, -0.2) is 4.98 Å². The molecule has 2 aromatic rings. The third kappa shape index (κ3) is 3.55. The van der Waals surface area contributed by atoms with Crippen LogP contribution in [-0.4, -0.2) is 10.9 Å². The van der Waals surface area contributed by atoms with Crippen LogP contribution >= 0.6 is 0 Å². The Morgan fingerprint density at radius 1 is 1.16 bits per heavy atom. The zero-order valence-electron chi connectivity index (χ0n) is 11.3. The molecular formula is C15H17N3O. The lowest BCUT2D eigenvalue weighted by Crippen LogP contribution is -2.07. The molecule has 2 N–H and O–H groups in total. The largest absolute Gasteiger partial charge is 0.354 e. The maximum Gasteiger partial charge on any atom is 0.222 e. The Labute approximate surface area is 112 Å². The number of benzene rings is 1. The number of hydrogen-bond donors (Lipinski definition) is 2. The zero-order chi connectivity index (χ0) is 13.8. The first-order valence-electron chi connectivity index (χ1n) is 6.12. The van der Waals surface area contributed by atoms with Crippen LogP contribution in [0, 0.1) is 13.8 Å². The third-order valence-electron chi connectivity index (χ3n) is 2.73. The van der Waals surface area contributed by atoms with Gasteiger partial charge in [-0.1, -0.05) is 17.7 Å². The molecule has 0 radical (unpaired) electrons. The maximum atomic E-state index is 10.9.